The first kappa shape index (κ1) is 62.1. The van der Waals surface area contributed by atoms with Gasteiger partial charge in [0.15, 0.2) is 24.3 Å². The Morgan fingerprint density at radius 2 is 1.60 bits per heavy atom. The standard InChI is InChI=1S/C57H77N9O16/c1-6-11-47-81-42-27-38-37-19-16-34-26-36(67)22-23-55(34,4)48(37)40(68)28-56(38,5)57(42,82-47)41(69)31-80-53(77)60-29-44(71)64-65-54(78)79-30-33-14-17-35(18-15-33)61-50(74)39(12-10-24-59-52(58)76)62-51(75)49(32(2)3)63-43(70)13-8-7-9-25-66-45(72)20-21-46(66)73/h14-15,17-18,20-23,26,32,37-40,42,47-49,68H,6-13,16,19,24-25,27-31H2,1-5H3,(H,60,77)(H,61,74)(H,62,75)(H,63,70)(H,64,71)(H,65,78)(H3,58,59,76)/t37-,38?,39-,40-,42+,47?,48?,49?,55-,56-,57+/m0/s1. The van der Waals surface area contributed by atoms with Crippen molar-refractivity contribution in [3.63, 3.8) is 0 Å². The molecule has 1 saturated heterocycles. The van der Waals surface area contributed by atoms with Crippen LogP contribution < -0.4 is 43.2 Å². The highest BCUT2D eigenvalue weighted by Crippen LogP contribution is 2.69. The number of rotatable bonds is 25. The number of unbranched alkanes of at least 4 members (excludes halogenated alkanes) is 2. The Balaban J connectivity index is 0.834. The molecule has 7 rings (SSSR count). The Bertz CT molecular complexity index is 2710. The van der Waals surface area contributed by atoms with E-state index in [9.17, 15) is 57.8 Å². The van der Waals surface area contributed by atoms with Crippen molar-refractivity contribution in [3.8, 4) is 0 Å². The van der Waals surface area contributed by atoms with Gasteiger partial charge in [0.1, 0.15) is 25.2 Å². The van der Waals surface area contributed by atoms with Crippen LogP contribution in [0.4, 0.5) is 20.1 Å². The summed E-state index contributed by atoms with van der Waals surface area (Å²) in [4.78, 5) is 141. The first-order valence-corrected chi connectivity index (χ1v) is 28.2. The SMILES string of the molecule is CCCC1O[C@@H]2CC3[C@@H]4CCC5=CC(=O)C=C[C@]5(C)C4[C@@H](O)C[C@]3(C)[C@]2(C(=O)COC(=O)NCC(=O)NNC(=O)OCc2ccc(NC(=O)[C@H](CCCNC(N)=O)NC(=O)C(NC(=O)CCCCCN3C(=O)C=CC3=O)C(C)C)cc2)O1. The second kappa shape index (κ2) is 27.0. The summed E-state index contributed by atoms with van der Waals surface area (Å²) < 4.78 is 23.6. The summed E-state index contributed by atoms with van der Waals surface area (Å²) in [6, 6.07) is 3.28. The molecule has 446 valence electrons. The Morgan fingerprint density at radius 1 is 0.866 bits per heavy atom. The maximum absolute atomic E-state index is 14.5. The number of amides is 10. The van der Waals surface area contributed by atoms with Crippen molar-refractivity contribution >= 4 is 70.9 Å². The molecule has 4 fully saturated rings. The highest BCUT2D eigenvalue weighted by molar-refractivity contribution is 6.12. The summed E-state index contributed by atoms with van der Waals surface area (Å²) in [7, 11) is 0. The number of ether oxygens (including phenoxy) is 4. The summed E-state index contributed by atoms with van der Waals surface area (Å²) in [6.07, 6.45) is 8.57. The number of nitrogens with one attached hydrogen (secondary N) is 7. The highest BCUT2D eigenvalue weighted by Gasteiger charge is 2.76. The summed E-state index contributed by atoms with van der Waals surface area (Å²) >= 11 is 0. The monoisotopic (exact) mass is 1140 g/mol. The third-order valence-electron chi connectivity index (χ3n) is 16.9. The lowest BCUT2D eigenvalue weighted by molar-refractivity contribution is -0.200. The van der Waals surface area contributed by atoms with Crippen molar-refractivity contribution < 1.29 is 76.8 Å². The van der Waals surface area contributed by atoms with Crippen LogP contribution in [0, 0.1) is 34.5 Å². The van der Waals surface area contributed by atoms with E-state index in [0.29, 0.717) is 56.2 Å². The molecule has 3 saturated carbocycles. The lowest BCUT2D eigenvalue weighted by atomic mass is 9.46. The van der Waals surface area contributed by atoms with E-state index in [0.717, 1.165) is 16.9 Å². The van der Waals surface area contributed by atoms with Gasteiger partial charge in [0, 0.05) is 54.1 Å². The van der Waals surface area contributed by atoms with E-state index in [1.165, 1.54) is 24.3 Å². The van der Waals surface area contributed by atoms with Crippen molar-refractivity contribution in [1.82, 2.24) is 37.0 Å². The summed E-state index contributed by atoms with van der Waals surface area (Å²) in [6.45, 7) is 8.18. The van der Waals surface area contributed by atoms with Crippen molar-refractivity contribution in [2.75, 3.05) is 31.6 Å². The quantitative estimate of drug-likeness (QED) is 0.0386. The molecule has 10 N–H and O–H groups in total. The van der Waals surface area contributed by atoms with Gasteiger partial charge in [0.2, 0.25) is 23.5 Å². The highest BCUT2D eigenvalue weighted by atomic mass is 16.7. The average molecular weight is 1140 g/mol. The lowest BCUT2D eigenvalue weighted by Crippen LogP contribution is -2.63. The molecule has 1 aromatic carbocycles. The number of urea groups is 1. The Hall–Kier alpha value is -7.51. The topological polar surface area (TPSA) is 358 Å². The van der Waals surface area contributed by atoms with Gasteiger partial charge < -0.3 is 56.4 Å². The maximum atomic E-state index is 14.5. The van der Waals surface area contributed by atoms with Crippen molar-refractivity contribution in [3.05, 3.63) is 65.8 Å². The van der Waals surface area contributed by atoms with Crippen LogP contribution in [0.3, 0.4) is 0 Å². The number of Topliss-reactive ketones (excluding diaryl/α,β-unsaturated/α-hetero) is 1. The third-order valence-corrected chi connectivity index (χ3v) is 16.9. The molecule has 25 heteroatoms. The molecule has 0 aromatic heterocycles. The normalized spacial score (nSPS) is 27.4. The smallest absolute Gasteiger partial charge is 0.426 e. The molecule has 11 atom stereocenters. The zero-order valence-electron chi connectivity index (χ0n) is 47.0. The lowest BCUT2D eigenvalue weighted by Gasteiger charge is -2.59. The second-order valence-electron chi connectivity index (χ2n) is 22.7. The minimum absolute atomic E-state index is 0.0102. The number of allylic oxidation sites excluding steroid dienone is 4. The van der Waals surface area contributed by atoms with Crippen LogP contribution in [0.1, 0.15) is 117 Å². The number of aliphatic hydroxyl groups excluding tert-OH is 1. The Labute approximate surface area is 475 Å². The van der Waals surface area contributed by atoms with E-state index in [2.05, 4.69) is 44.4 Å². The summed E-state index contributed by atoms with van der Waals surface area (Å²) in [5.74, 6) is -4.47. The molecule has 2 heterocycles. The van der Waals surface area contributed by atoms with Crippen LogP contribution in [0.5, 0.6) is 0 Å². The van der Waals surface area contributed by atoms with Crippen LogP contribution in [0.2, 0.25) is 0 Å². The number of hydrazine groups is 1. The molecule has 4 unspecified atom stereocenters. The van der Waals surface area contributed by atoms with Gasteiger partial charge in [0.25, 0.3) is 17.7 Å². The average Bonchev–Trinajstić information content (AvgIpc) is 1.55. The summed E-state index contributed by atoms with van der Waals surface area (Å²) in [5, 5.41) is 24.9. The van der Waals surface area contributed by atoms with Gasteiger partial charge in [-0.05, 0) is 105 Å². The number of aliphatic hydroxyl groups is 1. The molecule has 0 bridgehead atoms. The van der Waals surface area contributed by atoms with Gasteiger partial charge in [0.05, 0.1) is 12.2 Å². The number of nitrogens with zero attached hydrogens (tertiary/aromatic N) is 1. The van der Waals surface area contributed by atoms with E-state index in [1.807, 2.05) is 19.9 Å². The number of carbonyl (C=O) groups is 11. The number of anilines is 1. The number of nitrogens with two attached hydrogens (primary N) is 1. The summed E-state index contributed by atoms with van der Waals surface area (Å²) in [5.41, 5.74) is 8.23. The van der Waals surface area contributed by atoms with E-state index in [1.54, 1.807) is 38.1 Å². The van der Waals surface area contributed by atoms with E-state index >= 15 is 0 Å². The van der Waals surface area contributed by atoms with Gasteiger partial charge in [-0.1, -0.05) is 71.2 Å². The number of ketones is 2. The number of fused-ring (bicyclic) bond motifs is 7. The number of primary amides is 1. The molecule has 4 aliphatic carbocycles. The van der Waals surface area contributed by atoms with Crippen LogP contribution in [-0.2, 0) is 63.9 Å². The number of benzene rings is 1. The first-order chi connectivity index (χ1) is 39.0. The van der Waals surface area contributed by atoms with Gasteiger partial charge in [-0.3, -0.25) is 48.7 Å². The van der Waals surface area contributed by atoms with Gasteiger partial charge >= 0.3 is 18.2 Å². The number of carbonyl (C=O) groups excluding carboxylic acids is 11. The number of imide groups is 1. The van der Waals surface area contributed by atoms with Crippen LogP contribution in [-0.4, -0.2) is 138 Å². The van der Waals surface area contributed by atoms with Crippen LogP contribution >= 0.6 is 0 Å². The molecule has 2 aliphatic heterocycles. The molecule has 0 spiro atoms. The molecule has 25 nitrogen and oxygen atoms in total. The number of alkyl carbamates (subject to hydrolysis) is 1. The molecular weight excluding hydrogens is 1070 g/mol. The first-order valence-electron chi connectivity index (χ1n) is 28.2. The minimum atomic E-state index is -1.52. The van der Waals surface area contributed by atoms with E-state index in [4.69, 9.17) is 24.7 Å². The van der Waals surface area contributed by atoms with Gasteiger partial charge in [-0.15, -0.1) is 0 Å². The molecule has 82 heavy (non-hydrogen) atoms. The maximum Gasteiger partial charge on any atom is 0.426 e. The molecular formula is C57H77N9O16. The van der Waals surface area contributed by atoms with Crippen LogP contribution in [0.15, 0.2) is 60.2 Å². The second-order valence-corrected chi connectivity index (χ2v) is 22.7. The fraction of sp³-hybridized carbons (Fsp3) is 0.596. The van der Waals surface area contributed by atoms with Crippen LogP contribution in [0.25, 0.3) is 0 Å². The van der Waals surface area contributed by atoms with Crippen molar-refractivity contribution in [2.24, 2.45) is 40.2 Å². The fourth-order valence-electron chi connectivity index (χ4n) is 12.9. The Morgan fingerprint density at radius 3 is 2.29 bits per heavy atom. The fourth-order valence-corrected chi connectivity index (χ4v) is 12.9. The largest absolute Gasteiger partial charge is 0.443 e. The molecule has 1 aromatic rings. The number of hydrogen-bond acceptors (Lipinski definition) is 16. The van der Waals surface area contributed by atoms with Crippen molar-refractivity contribution in [1.29, 1.82) is 0 Å². The predicted molar refractivity (Wildman–Crippen MR) is 292 cm³/mol. The molecule has 10 amide bonds. The van der Waals surface area contributed by atoms with Crippen molar-refractivity contribution in [2.45, 2.75) is 154 Å². The Kier molecular flexibility index (Phi) is 20.5. The number of hydrogen-bond donors (Lipinski definition) is 9. The third kappa shape index (κ3) is 14.2. The zero-order chi connectivity index (χ0) is 59.5. The molecule has 0 radical (unpaired) electrons. The zero-order valence-corrected chi connectivity index (χ0v) is 47.0. The van der Waals surface area contributed by atoms with Gasteiger partial charge in [-0.2, -0.15) is 0 Å². The molecule has 6 aliphatic rings. The van der Waals surface area contributed by atoms with E-state index in [-0.39, 0.29) is 86.6 Å². The predicted octanol–water partition coefficient (Wildman–Crippen LogP) is 2.91. The minimum Gasteiger partial charge on any atom is -0.443 e. The van der Waals surface area contributed by atoms with E-state index < -0.39 is 108 Å². The van der Waals surface area contributed by atoms with Gasteiger partial charge in [-0.25, -0.2) is 19.8 Å².